The fourth-order valence-corrected chi connectivity index (χ4v) is 4.50. The molecular weight excluding hydrogens is 509 g/mol. The predicted molar refractivity (Wildman–Crippen MR) is 143 cm³/mol. The Kier molecular flexibility index (Phi) is 6.93. The van der Waals surface area contributed by atoms with Crippen molar-refractivity contribution in [2.45, 2.75) is 6.92 Å². The Morgan fingerprint density at radius 2 is 1.74 bits per heavy atom. The minimum absolute atomic E-state index is 0.0756. The van der Waals surface area contributed by atoms with E-state index in [9.17, 15) is 13.2 Å². The van der Waals surface area contributed by atoms with Crippen LogP contribution in [0.5, 0.6) is 0 Å². The van der Waals surface area contributed by atoms with Gasteiger partial charge in [0.15, 0.2) is 0 Å². The number of imidazole rings is 1. The van der Waals surface area contributed by atoms with Crippen molar-refractivity contribution < 1.29 is 13.2 Å². The normalized spacial score (nSPS) is 11.5. The molecule has 3 aromatic carbocycles. The minimum Gasteiger partial charge on any atom is -0.378 e. The average molecular weight is 532 g/mol. The third-order valence-electron chi connectivity index (χ3n) is 5.33. The van der Waals surface area contributed by atoms with Crippen molar-refractivity contribution in [2.75, 3.05) is 34.8 Å². The molecule has 3 N–H and O–H groups in total. The second kappa shape index (κ2) is 9.77. The first-order chi connectivity index (χ1) is 16.6. The highest BCUT2D eigenvalue weighted by Gasteiger charge is 2.16. The van der Waals surface area contributed by atoms with Gasteiger partial charge < -0.3 is 15.2 Å². The summed E-state index contributed by atoms with van der Waals surface area (Å²) in [6.45, 7) is 1.53. The van der Waals surface area contributed by atoms with Crippen LogP contribution < -0.4 is 14.9 Å². The summed E-state index contributed by atoms with van der Waals surface area (Å²) in [5.41, 5.74) is 4.29. The van der Waals surface area contributed by atoms with Gasteiger partial charge in [0.2, 0.25) is 10.0 Å². The Balaban J connectivity index is 1.59. The van der Waals surface area contributed by atoms with E-state index < -0.39 is 15.9 Å². The molecule has 0 fully saturated rings. The number of fused-ring (bicyclic) bond motifs is 1. The Morgan fingerprint density at radius 1 is 1.00 bits per heavy atom. The van der Waals surface area contributed by atoms with Crippen LogP contribution in [0.25, 0.3) is 22.4 Å². The number of amides is 1. The van der Waals surface area contributed by atoms with E-state index >= 15 is 0 Å². The third kappa shape index (κ3) is 5.53. The van der Waals surface area contributed by atoms with E-state index in [0.717, 1.165) is 16.7 Å². The minimum atomic E-state index is -3.46. The molecule has 8 nitrogen and oxygen atoms in total. The van der Waals surface area contributed by atoms with Gasteiger partial charge in [0.25, 0.3) is 5.91 Å². The first-order valence-electron chi connectivity index (χ1n) is 10.6. The number of rotatable bonds is 7. The second-order valence-corrected chi connectivity index (χ2v) is 10.9. The Morgan fingerprint density at radius 3 is 2.43 bits per heavy atom. The highest BCUT2D eigenvalue weighted by molar-refractivity contribution is 7.92. The van der Waals surface area contributed by atoms with Gasteiger partial charge in [-0.2, -0.15) is 0 Å². The Bertz CT molecular complexity index is 1530. The molecule has 1 aromatic heterocycles. The number of aromatic nitrogens is 2. The van der Waals surface area contributed by atoms with Gasteiger partial charge in [-0.25, -0.2) is 13.4 Å². The van der Waals surface area contributed by atoms with Crippen LogP contribution in [0, 0.1) is 0 Å². The molecule has 11 heteroatoms. The Labute approximate surface area is 213 Å². The van der Waals surface area contributed by atoms with E-state index in [2.05, 4.69) is 20.0 Å². The zero-order valence-corrected chi connectivity index (χ0v) is 21.5. The van der Waals surface area contributed by atoms with Crippen LogP contribution in [-0.2, 0) is 10.0 Å². The van der Waals surface area contributed by atoms with Crippen LogP contribution >= 0.6 is 23.2 Å². The number of nitrogens with one attached hydrogen (secondary N) is 3. The van der Waals surface area contributed by atoms with Crippen molar-refractivity contribution in [1.29, 1.82) is 0 Å². The van der Waals surface area contributed by atoms with E-state index in [-0.39, 0.29) is 22.0 Å². The first-order valence-corrected chi connectivity index (χ1v) is 13.1. The van der Waals surface area contributed by atoms with Gasteiger partial charge >= 0.3 is 0 Å². The van der Waals surface area contributed by atoms with Crippen molar-refractivity contribution in [1.82, 2.24) is 9.97 Å². The molecule has 0 unspecified atom stereocenters. The van der Waals surface area contributed by atoms with Crippen LogP contribution in [-0.4, -0.2) is 44.1 Å². The maximum absolute atomic E-state index is 12.9. The fourth-order valence-electron chi connectivity index (χ4n) is 3.40. The highest BCUT2D eigenvalue weighted by atomic mass is 35.5. The fraction of sp³-hybridized carbons (Fsp3) is 0.167. The molecule has 4 rings (SSSR count). The quantitative estimate of drug-likeness (QED) is 0.287. The zero-order chi connectivity index (χ0) is 25.3. The van der Waals surface area contributed by atoms with Crippen molar-refractivity contribution >= 4 is 67.2 Å². The van der Waals surface area contributed by atoms with Crippen LogP contribution in [0.15, 0.2) is 54.6 Å². The molecular formula is C24H23Cl2N5O3S. The predicted octanol–water partition coefficient (Wildman–Crippen LogP) is 5.62. The molecule has 0 saturated heterocycles. The number of H-pyrrole nitrogens is 1. The lowest BCUT2D eigenvalue weighted by atomic mass is 10.1. The van der Waals surface area contributed by atoms with Crippen LogP contribution in [0.2, 0.25) is 10.0 Å². The first kappa shape index (κ1) is 24.8. The van der Waals surface area contributed by atoms with Crippen LogP contribution in [0.1, 0.15) is 17.3 Å². The third-order valence-corrected chi connectivity index (χ3v) is 7.28. The zero-order valence-electron chi connectivity index (χ0n) is 19.2. The van der Waals surface area contributed by atoms with Gasteiger partial charge in [0.1, 0.15) is 5.82 Å². The number of sulfonamides is 1. The molecule has 0 aliphatic rings. The molecule has 0 bridgehead atoms. The molecule has 182 valence electrons. The summed E-state index contributed by atoms with van der Waals surface area (Å²) in [6, 6.07) is 15.3. The number of anilines is 3. The topological polar surface area (TPSA) is 107 Å². The van der Waals surface area contributed by atoms with Crippen molar-refractivity contribution in [3.05, 3.63) is 70.2 Å². The maximum Gasteiger partial charge on any atom is 0.257 e. The summed E-state index contributed by atoms with van der Waals surface area (Å²) < 4.78 is 25.9. The molecule has 0 aliphatic heterocycles. The van der Waals surface area contributed by atoms with E-state index in [1.54, 1.807) is 18.2 Å². The van der Waals surface area contributed by atoms with E-state index in [4.69, 9.17) is 23.2 Å². The smallest absolute Gasteiger partial charge is 0.257 e. The second-order valence-electron chi connectivity index (χ2n) is 8.03. The lowest BCUT2D eigenvalue weighted by molar-refractivity contribution is 0.102. The van der Waals surface area contributed by atoms with Gasteiger partial charge in [-0.3, -0.25) is 9.52 Å². The molecule has 0 spiro atoms. The highest BCUT2D eigenvalue weighted by Crippen LogP contribution is 2.32. The van der Waals surface area contributed by atoms with E-state index in [0.29, 0.717) is 22.1 Å². The lowest BCUT2D eigenvalue weighted by Gasteiger charge is -2.11. The molecule has 0 aliphatic carbocycles. The summed E-state index contributed by atoms with van der Waals surface area (Å²) in [5.74, 6) is 0.0457. The average Bonchev–Trinajstić information content (AvgIpc) is 3.23. The number of carbonyl (C=O) groups is 1. The standard InChI is InChI=1S/C24H23Cl2N5O3S/c1-4-35(33,34)30-15-5-8-17(20(26)12-15)24(32)27-14-6-9-19(25)18(11-14)23-28-21-10-7-16(31(2)3)13-22(21)29-23/h5-13,30H,4H2,1-3H3,(H,27,32)(H,28,29). The maximum atomic E-state index is 12.9. The Hall–Kier alpha value is -3.27. The summed E-state index contributed by atoms with van der Waals surface area (Å²) in [5, 5.41) is 3.39. The van der Waals surface area contributed by atoms with Gasteiger partial charge in [0, 0.05) is 36.7 Å². The lowest BCUT2D eigenvalue weighted by Crippen LogP contribution is -2.16. The number of nitrogens with zero attached hydrogens (tertiary/aromatic N) is 2. The van der Waals surface area contributed by atoms with Crippen molar-refractivity contribution in [3.8, 4) is 11.4 Å². The SMILES string of the molecule is CCS(=O)(=O)Nc1ccc(C(=O)Nc2ccc(Cl)c(-c3nc4ccc(N(C)C)cc4[nH]3)c2)c(Cl)c1. The largest absolute Gasteiger partial charge is 0.378 e. The summed E-state index contributed by atoms with van der Waals surface area (Å²) >= 11 is 12.7. The number of carbonyl (C=O) groups excluding carboxylic acids is 1. The van der Waals surface area contributed by atoms with Crippen LogP contribution in [0.4, 0.5) is 17.1 Å². The van der Waals surface area contributed by atoms with E-state index in [1.165, 1.54) is 25.1 Å². The molecule has 35 heavy (non-hydrogen) atoms. The monoisotopic (exact) mass is 531 g/mol. The molecule has 0 radical (unpaired) electrons. The molecule has 1 heterocycles. The van der Waals surface area contributed by atoms with Crippen molar-refractivity contribution in [2.24, 2.45) is 0 Å². The summed E-state index contributed by atoms with van der Waals surface area (Å²) in [6.07, 6.45) is 0. The number of halogens is 2. The summed E-state index contributed by atoms with van der Waals surface area (Å²) in [4.78, 5) is 22.8. The number of hydrogen-bond donors (Lipinski definition) is 3. The number of hydrogen-bond acceptors (Lipinski definition) is 5. The van der Waals surface area contributed by atoms with Crippen molar-refractivity contribution in [3.63, 3.8) is 0 Å². The van der Waals surface area contributed by atoms with Crippen LogP contribution in [0.3, 0.4) is 0 Å². The molecule has 0 atom stereocenters. The number of benzene rings is 3. The van der Waals surface area contributed by atoms with E-state index in [1.807, 2.05) is 37.2 Å². The van der Waals surface area contributed by atoms with Gasteiger partial charge in [-0.15, -0.1) is 0 Å². The molecule has 1 amide bonds. The summed E-state index contributed by atoms with van der Waals surface area (Å²) in [7, 11) is 0.471. The van der Waals surface area contributed by atoms with Gasteiger partial charge in [-0.05, 0) is 61.5 Å². The molecule has 0 saturated carbocycles. The molecule has 4 aromatic rings. The number of aromatic amines is 1. The van der Waals surface area contributed by atoms with Gasteiger partial charge in [-0.1, -0.05) is 23.2 Å². The van der Waals surface area contributed by atoms with Gasteiger partial charge in [0.05, 0.1) is 32.4 Å².